The first-order chi connectivity index (χ1) is 9.15. The van der Waals surface area contributed by atoms with Crippen LogP contribution in [0.3, 0.4) is 0 Å². The summed E-state index contributed by atoms with van der Waals surface area (Å²) >= 11 is 0. The average molecular weight is 257 g/mol. The van der Waals surface area contributed by atoms with Crippen LogP contribution in [0.2, 0.25) is 0 Å². The topological polar surface area (TPSA) is 77.2 Å². The summed E-state index contributed by atoms with van der Waals surface area (Å²) < 4.78 is 6.89. The van der Waals surface area contributed by atoms with E-state index in [-0.39, 0.29) is 11.6 Å². The van der Waals surface area contributed by atoms with Crippen LogP contribution in [0.4, 0.5) is 0 Å². The number of hydrogen-bond donors (Lipinski definition) is 1. The third-order valence-corrected chi connectivity index (χ3v) is 2.43. The average Bonchev–Trinajstić information content (AvgIpc) is 2.82. The summed E-state index contributed by atoms with van der Waals surface area (Å²) in [5.74, 6) is 1.87. The minimum atomic E-state index is -1.19. The number of terminal acetylenes is 1. The summed E-state index contributed by atoms with van der Waals surface area (Å²) in [7, 11) is 0. The van der Waals surface area contributed by atoms with Crippen LogP contribution in [-0.2, 0) is 6.54 Å². The lowest BCUT2D eigenvalue weighted by atomic mass is 10.2. The van der Waals surface area contributed by atoms with Crippen molar-refractivity contribution in [2.45, 2.75) is 13.5 Å². The van der Waals surface area contributed by atoms with Gasteiger partial charge in [-0.1, -0.05) is 11.1 Å². The van der Waals surface area contributed by atoms with Crippen LogP contribution in [0, 0.1) is 12.3 Å². The van der Waals surface area contributed by atoms with Gasteiger partial charge in [0.05, 0.1) is 0 Å². The van der Waals surface area contributed by atoms with Crippen molar-refractivity contribution >= 4 is 5.97 Å². The predicted molar refractivity (Wildman–Crippen MR) is 67.1 cm³/mol. The Balaban J connectivity index is 2.33. The molecule has 2 aromatic rings. The van der Waals surface area contributed by atoms with Gasteiger partial charge in [0.1, 0.15) is 5.75 Å². The maximum Gasteiger partial charge on any atom is 0.362 e. The molecule has 0 amide bonds. The number of benzene rings is 1. The summed E-state index contributed by atoms with van der Waals surface area (Å²) in [4.78, 5) is 11.0. The Morgan fingerprint density at radius 3 is 2.68 bits per heavy atom. The minimum absolute atomic E-state index is 0.100. The number of aromatic nitrogens is 3. The van der Waals surface area contributed by atoms with E-state index in [2.05, 4.69) is 16.2 Å². The zero-order valence-corrected chi connectivity index (χ0v) is 10.2. The number of nitrogens with zero attached hydrogens (tertiary/aromatic N) is 3. The van der Waals surface area contributed by atoms with E-state index in [1.54, 1.807) is 24.3 Å². The fourth-order valence-corrected chi connectivity index (χ4v) is 1.48. The lowest BCUT2D eigenvalue weighted by molar-refractivity contribution is 0.0687. The Morgan fingerprint density at radius 1 is 1.47 bits per heavy atom. The van der Waals surface area contributed by atoms with Crippen LogP contribution in [0.1, 0.15) is 23.0 Å². The number of hydrogen-bond acceptors (Lipinski definition) is 4. The molecule has 96 valence electrons. The molecular formula is C13H11N3O3. The van der Waals surface area contributed by atoms with E-state index in [4.69, 9.17) is 16.3 Å². The molecule has 0 radical (unpaired) electrons. The normalized spacial score (nSPS) is 9.89. The van der Waals surface area contributed by atoms with Gasteiger partial charge in [-0.2, -0.15) is 0 Å². The Labute approximate surface area is 109 Å². The van der Waals surface area contributed by atoms with E-state index in [0.717, 1.165) is 0 Å². The van der Waals surface area contributed by atoms with Gasteiger partial charge >= 0.3 is 5.97 Å². The van der Waals surface area contributed by atoms with E-state index in [9.17, 15) is 4.79 Å². The number of rotatable bonds is 4. The van der Waals surface area contributed by atoms with Gasteiger partial charge in [-0.25, -0.2) is 9.48 Å². The molecule has 6 heteroatoms. The van der Waals surface area contributed by atoms with Gasteiger partial charge in [0.15, 0.2) is 0 Å². The van der Waals surface area contributed by atoms with Crippen LogP contribution in [0.5, 0.6) is 11.6 Å². The van der Waals surface area contributed by atoms with E-state index in [0.29, 0.717) is 17.9 Å². The lowest BCUT2D eigenvalue weighted by Gasteiger charge is -2.07. The molecule has 19 heavy (non-hydrogen) atoms. The molecule has 1 aromatic carbocycles. The molecule has 0 saturated carbocycles. The number of aryl methyl sites for hydroxylation is 1. The summed E-state index contributed by atoms with van der Waals surface area (Å²) in [5, 5.41) is 16.3. The summed E-state index contributed by atoms with van der Waals surface area (Å²) in [6.07, 6.45) is 5.25. The van der Waals surface area contributed by atoms with Gasteiger partial charge in [-0.3, -0.25) is 0 Å². The third kappa shape index (κ3) is 2.55. The fourth-order valence-electron chi connectivity index (χ4n) is 1.48. The second-order valence-electron chi connectivity index (χ2n) is 3.63. The molecule has 1 heterocycles. The van der Waals surface area contributed by atoms with E-state index in [1.165, 1.54) is 4.68 Å². The highest BCUT2D eigenvalue weighted by atomic mass is 16.5. The molecule has 0 unspecified atom stereocenters. The zero-order valence-electron chi connectivity index (χ0n) is 10.2. The highest BCUT2D eigenvalue weighted by Gasteiger charge is 2.20. The van der Waals surface area contributed by atoms with Gasteiger partial charge in [0.25, 0.3) is 5.88 Å². The van der Waals surface area contributed by atoms with Gasteiger partial charge < -0.3 is 9.84 Å². The SMILES string of the molecule is C#Cc1ccc(Oc2c(C(=O)O)nnn2CC)cc1. The molecule has 0 spiro atoms. The second kappa shape index (κ2) is 5.23. The zero-order chi connectivity index (χ0) is 13.8. The molecule has 1 aromatic heterocycles. The molecular weight excluding hydrogens is 246 g/mol. The Bertz CT molecular complexity index is 638. The summed E-state index contributed by atoms with van der Waals surface area (Å²) in [6.45, 7) is 2.27. The Morgan fingerprint density at radius 2 is 2.16 bits per heavy atom. The molecule has 0 saturated heterocycles. The molecule has 0 aliphatic heterocycles. The highest BCUT2D eigenvalue weighted by Crippen LogP contribution is 2.24. The van der Waals surface area contributed by atoms with Crippen molar-refractivity contribution in [2.24, 2.45) is 0 Å². The molecule has 0 atom stereocenters. The molecule has 0 aliphatic carbocycles. The summed E-state index contributed by atoms with van der Waals surface area (Å²) in [5.41, 5.74) is 0.496. The smallest absolute Gasteiger partial charge is 0.362 e. The van der Waals surface area contributed by atoms with Crippen LogP contribution in [0.15, 0.2) is 24.3 Å². The molecule has 0 bridgehead atoms. The van der Waals surface area contributed by atoms with Crippen molar-refractivity contribution in [2.75, 3.05) is 0 Å². The number of ether oxygens (including phenoxy) is 1. The van der Waals surface area contributed by atoms with Crippen molar-refractivity contribution in [3.8, 4) is 24.0 Å². The van der Waals surface area contributed by atoms with Crippen LogP contribution in [0.25, 0.3) is 0 Å². The lowest BCUT2D eigenvalue weighted by Crippen LogP contribution is -2.03. The largest absolute Gasteiger partial charge is 0.476 e. The number of carbonyl (C=O) groups is 1. The molecule has 0 fully saturated rings. The number of carboxylic acids is 1. The van der Waals surface area contributed by atoms with Crippen LogP contribution >= 0.6 is 0 Å². The van der Waals surface area contributed by atoms with Gasteiger partial charge in [-0.05, 0) is 31.2 Å². The van der Waals surface area contributed by atoms with Crippen molar-refractivity contribution in [1.29, 1.82) is 0 Å². The number of aromatic carboxylic acids is 1. The predicted octanol–water partition coefficient (Wildman–Crippen LogP) is 1.77. The summed E-state index contributed by atoms with van der Waals surface area (Å²) in [6, 6.07) is 6.73. The van der Waals surface area contributed by atoms with Gasteiger partial charge in [0.2, 0.25) is 5.69 Å². The van der Waals surface area contributed by atoms with Crippen LogP contribution in [-0.4, -0.2) is 26.1 Å². The molecule has 6 nitrogen and oxygen atoms in total. The second-order valence-corrected chi connectivity index (χ2v) is 3.63. The molecule has 2 rings (SSSR count). The Hall–Kier alpha value is -2.81. The maximum atomic E-state index is 11.0. The minimum Gasteiger partial charge on any atom is -0.476 e. The third-order valence-electron chi connectivity index (χ3n) is 2.43. The Kier molecular flexibility index (Phi) is 3.48. The van der Waals surface area contributed by atoms with Crippen molar-refractivity contribution in [3.05, 3.63) is 35.5 Å². The van der Waals surface area contributed by atoms with Crippen molar-refractivity contribution in [3.63, 3.8) is 0 Å². The van der Waals surface area contributed by atoms with Gasteiger partial charge in [-0.15, -0.1) is 11.5 Å². The first kappa shape index (κ1) is 12.6. The number of carboxylic acid groups (broad SMARTS) is 1. The van der Waals surface area contributed by atoms with E-state index >= 15 is 0 Å². The van der Waals surface area contributed by atoms with E-state index < -0.39 is 5.97 Å². The first-order valence-electron chi connectivity index (χ1n) is 5.57. The van der Waals surface area contributed by atoms with Gasteiger partial charge in [0, 0.05) is 12.1 Å². The van der Waals surface area contributed by atoms with E-state index in [1.807, 2.05) is 6.92 Å². The first-order valence-corrected chi connectivity index (χ1v) is 5.57. The molecule has 0 aliphatic rings. The van der Waals surface area contributed by atoms with Crippen molar-refractivity contribution < 1.29 is 14.6 Å². The monoisotopic (exact) mass is 257 g/mol. The van der Waals surface area contributed by atoms with Crippen molar-refractivity contribution in [1.82, 2.24) is 15.0 Å². The highest BCUT2D eigenvalue weighted by molar-refractivity contribution is 5.87. The standard InChI is InChI=1S/C13H11N3O3/c1-3-9-5-7-10(8-6-9)19-12-11(13(17)18)14-15-16(12)4-2/h1,5-8H,4H2,2H3,(H,17,18). The fraction of sp³-hybridized carbons (Fsp3) is 0.154. The molecule has 1 N–H and O–H groups in total. The maximum absolute atomic E-state index is 11.0. The quantitative estimate of drug-likeness (QED) is 0.844. The van der Waals surface area contributed by atoms with Crippen LogP contribution < -0.4 is 4.74 Å².